The molecule has 1 aliphatic rings. The smallest absolute Gasteiger partial charge is 0.163 e. The third-order valence-electron chi connectivity index (χ3n) is 7.89. The normalized spacial score (nSPS) is 13.1. The summed E-state index contributed by atoms with van der Waals surface area (Å²) < 4.78 is 0. The van der Waals surface area contributed by atoms with Gasteiger partial charge in [-0.05, 0) is 69.3 Å². The van der Waals surface area contributed by atoms with E-state index in [1.807, 2.05) is 6.07 Å². The minimum atomic E-state index is -2.34. The maximum Gasteiger partial charge on any atom is 0.163 e. The van der Waals surface area contributed by atoms with Crippen molar-refractivity contribution < 1.29 is 10.4 Å². The van der Waals surface area contributed by atoms with Crippen LogP contribution in [0.15, 0.2) is 168 Å². The molecule has 0 bridgehead atoms. The molecule has 5 nitrogen and oxygen atoms in total. The average Bonchev–Trinajstić information content (AvgIpc) is 3.40. The standard InChI is InChI=1S/C37H28N3O2P/c41-40(42)29-23-20-27(21-24-29)38-39-28-22-25-35-36(26-28)33-18-10-11-19-34(33)37(35)43(30-12-4-1-5-13-30,31-14-6-2-7-15-31)32-16-8-3-9-17-32/h1-26,40-41H. The van der Waals surface area contributed by atoms with E-state index in [2.05, 4.69) is 138 Å². The van der Waals surface area contributed by atoms with E-state index in [1.54, 1.807) is 12.1 Å². The van der Waals surface area contributed by atoms with Crippen LogP contribution in [-0.2, 0) is 0 Å². The van der Waals surface area contributed by atoms with Crippen molar-refractivity contribution in [1.82, 2.24) is 0 Å². The fraction of sp³-hybridized carbons (Fsp3) is 0. The molecule has 2 N–H and O–H groups in total. The van der Waals surface area contributed by atoms with Crippen LogP contribution in [0.2, 0.25) is 0 Å². The van der Waals surface area contributed by atoms with Crippen LogP contribution < -0.4 is 21.1 Å². The number of hydrogen-bond donors (Lipinski definition) is 2. The second kappa shape index (κ2) is 11.4. The first kappa shape index (κ1) is 27.0. The van der Waals surface area contributed by atoms with Crippen molar-refractivity contribution in [3.8, 4) is 11.1 Å². The number of rotatable bonds is 6. The topological polar surface area (TPSA) is 72.5 Å². The zero-order chi connectivity index (χ0) is 29.2. The number of hydrogen-bond acceptors (Lipinski definition) is 4. The number of benzene rings is 6. The molecule has 0 aromatic heterocycles. The zero-order valence-electron chi connectivity index (χ0n) is 23.2. The molecule has 0 radical (unpaired) electrons. The van der Waals surface area contributed by atoms with E-state index in [0.717, 1.165) is 11.3 Å². The highest BCUT2D eigenvalue weighted by Gasteiger charge is 2.36. The van der Waals surface area contributed by atoms with Crippen LogP contribution in [0, 0.1) is 5.21 Å². The van der Waals surface area contributed by atoms with Gasteiger partial charge < -0.3 is 5.21 Å². The Morgan fingerprint density at radius 1 is 0.465 bits per heavy atom. The lowest BCUT2D eigenvalue weighted by Gasteiger charge is -2.32. The van der Waals surface area contributed by atoms with Crippen LogP contribution in [0.3, 0.4) is 0 Å². The molecule has 0 heterocycles. The first-order chi connectivity index (χ1) is 21.2. The SMILES string of the molecule is [O-][NH+](O)c1ccc(N=Nc2ccc3c(c2)-c2ccccc2C3=P(c2ccccc2)(c2ccccc2)c2ccccc2)cc1. The minimum Gasteiger partial charge on any atom is -0.595 e. The highest BCUT2D eigenvalue weighted by molar-refractivity contribution is 7.96. The quantitative estimate of drug-likeness (QED) is 0.126. The molecule has 43 heavy (non-hydrogen) atoms. The maximum absolute atomic E-state index is 11.2. The average molecular weight is 578 g/mol. The molecule has 0 fully saturated rings. The van der Waals surface area contributed by atoms with Gasteiger partial charge in [0.2, 0.25) is 0 Å². The van der Waals surface area contributed by atoms with Gasteiger partial charge in [0.25, 0.3) is 0 Å². The van der Waals surface area contributed by atoms with Gasteiger partial charge in [0.1, 0.15) is 0 Å². The van der Waals surface area contributed by atoms with E-state index in [4.69, 9.17) is 0 Å². The molecule has 1 aliphatic carbocycles. The van der Waals surface area contributed by atoms with Crippen LogP contribution >= 0.6 is 6.89 Å². The summed E-state index contributed by atoms with van der Waals surface area (Å²) in [6, 6.07) is 54.2. The van der Waals surface area contributed by atoms with Crippen LogP contribution in [0.5, 0.6) is 0 Å². The number of fused-ring (bicyclic) bond motifs is 3. The fourth-order valence-electron chi connectivity index (χ4n) is 6.03. The number of quaternary nitrogens is 1. The third-order valence-corrected chi connectivity index (χ3v) is 12.3. The van der Waals surface area contributed by atoms with Crippen molar-refractivity contribution >= 4 is 45.2 Å². The van der Waals surface area contributed by atoms with Gasteiger partial charge >= 0.3 is 0 Å². The maximum atomic E-state index is 11.2. The van der Waals surface area contributed by atoms with Crippen LogP contribution in [0.4, 0.5) is 17.1 Å². The van der Waals surface area contributed by atoms with E-state index >= 15 is 0 Å². The summed E-state index contributed by atoms with van der Waals surface area (Å²) >= 11 is 0. The number of nitrogens with zero attached hydrogens (tertiary/aromatic N) is 2. The Morgan fingerprint density at radius 3 is 1.44 bits per heavy atom. The lowest BCUT2D eigenvalue weighted by Crippen LogP contribution is -2.99. The molecule has 0 aliphatic heterocycles. The van der Waals surface area contributed by atoms with Crippen molar-refractivity contribution in [2.24, 2.45) is 10.2 Å². The molecule has 6 aromatic carbocycles. The van der Waals surface area contributed by atoms with Crippen molar-refractivity contribution in [2.75, 3.05) is 0 Å². The zero-order valence-corrected chi connectivity index (χ0v) is 24.1. The first-order valence-corrected chi connectivity index (χ1v) is 15.9. The summed E-state index contributed by atoms with van der Waals surface area (Å²) in [6.07, 6.45) is 0. The molecular formula is C37H28N3O2P. The van der Waals surface area contributed by atoms with Crippen LogP contribution in [0.25, 0.3) is 11.1 Å². The monoisotopic (exact) mass is 577 g/mol. The molecular weight excluding hydrogens is 549 g/mol. The minimum absolute atomic E-state index is 0.221. The molecule has 1 atom stereocenters. The van der Waals surface area contributed by atoms with Gasteiger partial charge in [-0.2, -0.15) is 15.5 Å². The number of nitrogens with one attached hydrogen (secondary N) is 1. The van der Waals surface area contributed by atoms with Gasteiger partial charge in [-0.15, -0.1) is 0 Å². The Hall–Kier alpha value is -4.90. The number of azo groups is 1. The lowest BCUT2D eigenvalue weighted by molar-refractivity contribution is -0.991. The van der Waals surface area contributed by atoms with Crippen molar-refractivity contribution in [3.63, 3.8) is 0 Å². The Bertz CT molecular complexity index is 1890. The van der Waals surface area contributed by atoms with E-state index in [0.29, 0.717) is 5.69 Å². The van der Waals surface area contributed by atoms with E-state index in [1.165, 1.54) is 50.0 Å². The highest BCUT2D eigenvalue weighted by Crippen LogP contribution is 2.54. The molecule has 0 saturated carbocycles. The van der Waals surface area contributed by atoms with Gasteiger partial charge in [0.15, 0.2) is 5.69 Å². The van der Waals surface area contributed by atoms with Crippen molar-refractivity contribution in [1.29, 1.82) is 0 Å². The summed E-state index contributed by atoms with van der Waals surface area (Å²) in [5.74, 6) is 0. The Morgan fingerprint density at radius 2 is 0.907 bits per heavy atom. The molecule has 7 rings (SSSR count). The van der Waals surface area contributed by atoms with E-state index in [-0.39, 0.29) is 5.69 Å². The lowest BCUT2D eigenvalue weighted by atomic mass is 10.1. The van der Waals surface area contributed by atoms with Gasteiger partial charge in [-0.1, -0.05) is 121 Å². The second-order valence-electron chi connectivity index (χ2n) is 10.4. The summed E-state index contributed by atoms with van der Waals surface area (Å²) in [6.45, 7) is -2.34. The van der Waals surface area contributed by atoms with E-state index in [9.17, 15) is 10.4 Å². The summed E-state index contributed by atoms with van der Waals surface area (Å²) in [5.41, 5.74) is 6.31. The van der Waals surface area contributed by atoms with Crippen LogP contribution in [0.1, 0.15) is 11.1 Å². The highest BCUT2D eigenvalue weighted by atomic mass is 31.2. The van der Waals surface area contributed by atoms with Crippen molar-refractivity contribution in [2.45, 2.75) is 0 Å². The Labute approximate surface area is 250 Å². The summed E-state index contributed by atoms with van der Waals surface area (Å²) in [5, 5.41) is 33.6. The van der Waals surface area contributed by atoms with Gasteiger partial charge in [0.05, 0.1) is 11.4 Å². The summed E-state index contributed by atoms with van der Waals surface area (Å²) in [4.78, 5) is 0. The molecule has 0 saturated heterocycles. The van der Waals surface area contributed by atoms with Crippen LogP contribution in [-0.4, -0.2) is 10.5 Å². The molecule has 6 aromatic rings. The third kappa shape index (κ3) is 4.75. The van der Waals surface area contributed by atoms with Gasteiger partial charge in [-0.3, -0.25) is 0 Å². The predicted octanol–water partition coefficient (Wildman–Crippen LogP) is 7.05. The molecule has 6 heteroatoms. The molecule has 208 valence electrons. The Kier molecular flexibility index (Phi) is 7.15. The first-order valence-electron chi connectivity index (χ1n) is 14.1. The van der Waals surface area contributed by atoms with Gasteiger partial charge in [-0.25, -0.2) is 5.21 Å². The molecule has 0 spiro atoms. The largest absolute Gasteiger partial charge is 0.595 e. The fourth-order valence-corrected chi connectivity index (χ4v) is 10.7. The van der Waals surface area contributed by atoms with Gasteiger partial charge in [0, 0.05) is 17.4 Å². The predicted molar refractivity (Wildman–Crippen MR) is 177 cm³/mol. The summed E-state index contributed by atoms with van der Waals surface area (Å²) in [7, 11) is 0. The molecule has 1 unspecified atom stereocenters. The molecule has 0 amide bonds. The van der Waals surface area contributed by atoms with E-state index < -0.39 is 12.1 Å². The van der Waals surface area contributed by atoms with Crippen molar-refractivity contribution in [3.05, 3.63) is 174 Å². The second-order valence-corrected chi connectivity index (χ2v) is 13.7. The Balaban J connectivity index is 1.51.